The highest BCUT2D eigenvalue weighted by Crippen LogP contribution is 2.44. The zero-order valence-corrected chi connectivity index (χ0v) is 56.4. The second-order valence-corrected chi connectivity index (χ2v) is 27.9. The average Bonchev–Trinajstić information content (AvgIpc) is 1.71. The molecule has 0 bridgehead atoms. The lowest BCUT2D eigenvalue weighted by Gasteiger charge is -2.14. The molecule has 0 saturated carbocycles. The van der Waals surface area contributed by atoms with Gasteiger partial charge in [0, 0.05) is 91.5 Å². The number of fused-ring (bicyclic) bond motifs is 16. The van der Waals surface area contributed by atoms with Crippen molar-refractivity contribution in [3.05, 3.63) is 352 Å². The van der Waals surface area contributed by atoms with Crippen LogP contribution in [0.4, 0.5) is 0 Å². The Labute approximate surface area is 595 Å². The van der Waals surface area contributed by atoms with Crippen LogP contribution in [0.5, 0.6) is 0 Å². The Bertz CT molecular complexity index is 7270. The van der Waals surface area contributed by atoms with E-state index < -0.39 is 0 Å². The summed E-state index contributed by atoms with van der Waals surface area (Å²) in [6.45, 7) is 0. The van der Waals surface area contributed by atoms with Gasteiger partial charge in [-0.15, -0.1) is 21.5 Å². The minimum Gasteiger partial charge on any atom is -0.309 e. The number of aromatic nitrogens is 6. The maximum absolute atomic E-state index is 5.31. The predicted octanol–water partition coefficient (Wildman–Crippen LogP) is 25.9. The summed E-state index contributed by atoms with van der Waals surface area (Å²) in [5, 5.41) is 32.8. The van der Waals surface area contributed by atoms with Crippen molar-refractivity contribution >= 4 is 151 Å². The number of nitrogens with zero attached hydrogens (tertiary/aromatic N) is 6. The molecule has 103 heavy (non-hydrogen) atoms. The van der Waals surface area contributed by atoms with E-state index in [-0.39, 0.29) is 0 Å². The zero-order valence-electron chi connectivity index (χ0n) is 55.6. The molecule has 0 aliphatic heterocycles. The summed E-state index contributed by atoms with van der Waals surface area (Å²) in [4.78, 5) is 10.4. The lowest BCUT2D eigenvalue weighted by Crippen LogP contribution is -1.96. The summed E-state index contributed by atoms with van der Waals surface area (Å²) < 4.78 is 7.31. The van der Waals surface area contributed by atoms with Crippen LogP contribution >= 0.6 is 11.3 Å². The molecule has 478 valence electrons. The molecule has 0 amide bonds. The summed E-state index contributed by atoms with van der Waals surface area (Å²) in [7, 11) is 0. The van der Waals surface area contributed by atoms with Crippen LogP contribution < -0.4 is 0 Å². The number of hydrogen-bond acceptors (Lipinski definition) is 5. The quantitative estimate of drug-likeness (QED) is 0.160. The molecule has 0 unspecified atom stereocenters. The van der Waals surface area contributed by atoms with Crippen LogP contribution in [0.3, 0.4) is 0 Å². The molecule has 5 heterocycles. The molecule has 22 rings (SSSR count). The largest absolute Gasteiger partial charge is 0.309 e. The summed E-state index contributed by atoms with van der Waals surface area (Å²) in [5.74, 6) is 0.755. The molecule has 7 heteroatoms. The predicted molar refractivity (Wildman–Crippen MR) is 435 cm³/mol. The van der Waals surface area contributed by atoms with Gasteiger partial charge in [0.05, 0.1) is 33.3 Å². The van der Waals surface area contributed by atoms with E-state index in [0.717, 1.165) is 83.6 Å². The molecule has 0 aliphatic rings. The zero-order chi connectivity index (χ0) is 67.6. The van der Waals surface area contributed by atoms with Crippen LogP contribution in [-0.2, 0) is 0 Å². The lowest BCUT2D eigenvalue weighted by atomic mass is 9.92. The van der Waals surface area contributed by atoms with Crippen molar-refractivity contribution in [1.29, 1.82) is 0 Å². The molecular weight excluding hydrogens is 1270 g/mol. The second-order valence-electron chi connectivity index (χ2n) is 26.8. The van der Waals surface area contributed by atoms with E-state index >= 15 is 0 Å². The molecule has 0 spiro atoms. The summed E-state index contributed by atoms with van der Waals surface area (Å²) in [6.07, 6.45) is 0. The van der Waals surface area contributed by atoms with E-state index in [2.05, 4.69) is 361 Å². The third kappa shape index (κ3) is 9.62. The van der Waals surface area contributed by atoms with Gasteiger partial charge in [-0.25, -0.2) is 9.97 Å². The Balaban J connectivity index is 0.000000134. The smallest absolute Gasteiger partial charge is 0.161 e. The van der Waals surface area contributed by atoms with Gasteiger partial charge in [0.25, 0.3) is 0 Å². The molecular formula is C96H58N6S. The molecule has 0 saturated heterocycles. The van der Waals surface area contributed by atoms with Crippen molar-refractivity contribution < 1.29 is 0 Å². The van der Waals surface area contributed by atoms with E-state index in [1.165, 1.54) is 123 Å². The summed E-state index contributed by atoms with van der Waals surface area (Å²) in [6, 6.07) is 127. The molecule has 0 N–H and O–H groups in total. The third-order valence-corrected chi connectivity index (χ3v) is 22.2. The van der Waals surface area contributed by atoms with Crippen LogP contribution in [0, 0.1) is 0 Å². The molecule has 5 aromatic heterocycles. The van der Waals surface area contributed by atoms with Gasteiger partial charge in [0.1, 0.15) is 11.4 Å². The minimum atomic E-state index is 0.755. The van der Waals surface area contributed by atoms with Gasteiger partial charge in [-0.2, -0.15) is 0 Å². The maximum Gasteiger partial charge on any atom is 0.161 e. The fraction of sp³-hybridized carbons (Fsp3) is 0. The number of para-hydroxylation sites is 3. The molecule has 0 fully saturated rings. The first-order chi connectivity index (χ1) is 51.0. The highest BCUT2D eigenvalue weighted by atomic mass is 32.1. The van der Waals surface area contributed by atoms with Gasteiger partial charge in [0.15, 0.2) is 5.82 Å². The van der Waals surface area contributed by atoms with Gasteiger partial charge in [0.2, 0.25) is 0 Å². The molecule has 0 atom stereocenters. The SMILES string of the molecule is c1ccc(-c2ccc(-c3nnc(-c4ccc5cc(-n6c7ccccc7c7cc8ccccc8cc76)ccc5c4)c4ccccc34)c3ccccc23)cc1.c1ccc2cc3c(cc2c1)c1ccccc1n3-c1ccc2cc(-c3nc(-c4cccc5c4sc4ccccc45)nc4ccccc34)ccc2c1. The fourth-order valence-corrected chi connectivity index (χ4v) is 17.3. The van der Waals surface area contributed by atoms with E-state index in [9.17, 15) is 0 Å². The van der Waals surface area contributed by atoms with Crippen molar-refractivity contribution in [2.24, 2.45) is 0 Å². The Morgan fingerprint density at radius 2 is 0.670 bits per heavy atom. The molecule has 0 aliphatic carbocycles. The van der Waals surface area contributed by atoms with Crippen LogP contribution in [0.15, 0.2) is 352 Å². The van der Waals surface area contributed by atoms with E-state index in [4.69, 9.17) is 20.2 Å². The third-order valence-electron chi connectivity index (χ3n) is 21.0. The molecule has 22 aromatic rings. The number of thiophene rings is 1. The van der Waals surface area contributed by atoms with Crippen LogP contribution in [0.1, 0.15) is 0 Å². The first-order valence-electron chi connectivity index (χ1n) is 35.0. The highest BCUT2D eigenvalue weighted by Gasteiger charge is 2.21. The van der Waals surface area contributed by atoms with Crippen molar-refractivity contribution in [3.8, 4) is 67.7 Å². The normalized spacial score (nSPS) is 11.9. The Kier molecular flexibility index (Phi) is 13.4. The van der Waals surface area contributed by atoms with E-state index in [0.29, 0.717) is 0 Å². The monoisotopic (exact) mass is 1330 g/mol. The first kappa shape index (κ1) is 58.5. The molecule has 0 radical (unpaired) electrons. The molecule has 17 aromatic carbocycles. The minimum absolute atomic E-state index is 0.755. The van der Waals surface area contributed by atoms with Gasteiger partial charge in [-0.05, 0) is 156 Å². The average molecular weight is 1330 g/mol. The summed E-state index contributed by atoms with van der Waals surface area (Å²) >= 11 is 1.81. The lowest BCUT2D eigenvalue weighted by molar-refractivity contribution is 1.06. The summed E-state index contributed by atoms with van der Waals surface area (Å²) in [5.41, 5.74) is 17.5. The Hall–Kier alpha value is -13.5. The first-order valence-corrected chi connectivity index (χ1v) is 35.8. The number of benzene rings is 17. The van der Waals surface area contributed by atoms with E-state index in [1.54, 1.807) is 0 Å². The van der Waals surface area contributed by atoms with Crippen LogP contribution in [0.25, 0.3) is 207 Å². The van der Waals surface area contributed by atoms with Crippen molar-refractivity contribution in [3.63, 3.8) is 0 Å². The highest BCUT2D eigenvalue weighted by molar-refractivity contribution is 7.26. The van der Waals surface area contributed by atoms with Crippen LogP contribution in [0.2, 0.25) is 0 Å². The topological polar surface area (TPSA) is 61.4 Å². The standard InChI is InChI=1S/C50H31N3.C46H27N3S/c1-2-12-32(13-3-1)39-26-27-45(41-17-7-6-16-40(39)41)50-44-20-9-8-19-43(44)49(51-52-50)37-23-22-36-29-38(25-24-35(36)28-37)53-47-21-11-10-18-42(47)46-30-33-14-4-5-15-34(33)31-48(46)53;1-2-11-29-27-42-39(26-28(29)10-1)34-12-4-7-18-41(34)49(42)33-23-22-30-24-32(21-20-31(30)25-33)44-37-14-3-6-17-40(37)47-46(48-44)38-16-9-15-36-35-13-5-8-19-43(35)50-45(36)38/h1-31H;1-27H. The fourth-order valence-electron chi connectivity index (χ4n) is 16.1. The molecule has 6 nitrogen and oxygen atoms in total. The Morgan fingerprint density at radius 3 is 1.30 bits per heavy atom. The number of hydrogen-bond donors (Lipinski definition) is 0. The van der Waals surface area contributed by atoms with Gasteiger partial charge in [-0.3, -0.25) is 0 Å². The Morgan fingerprint density at radius 1 is 0.223 bits per heavy atom. The van der Waals surface area contributed by atoms with E-state index in [1.807, 2.05) is 11.3 Å². The van der Waals surface area contributed by atoms with Crippen LogP contribution in [-0.4, -0.2) is 29.3 Å². The second kappa shape index (κ2) is 23.6. The van der Waals surface area contributed by atoms with Gasteiger partial charge >= 0.3 is 0 Å². The van der Waals surface area contributed by atoms with Crippen molar-refractivity contribution in [1.82, 2.24) is 29.3 Å². The van der Waals surface area contributed by atoms with Crippen molar-refractivity contribution in [2.75, 3.05) is 0 Å². The number of rotatable bonds is 7. The van der Waals surface area contributed by atoms with Gasteiger partial charge < -0.3 is 9.13 Å². The van der Waals surface area contributed by atoms with Gasteiger partial charge in [-0.1, -0.05) is 261 Å². The maximum atomic E-state index is 5.31. The van der Waals surface area contributed by atoms with Crippen molar-refractivity contribution in [2.45, 2.75) is 0 Å².